The summed E-state index contributed by atoms with van der Waals surface area (Å²) in [7, 11) is 4.22. The second kappa shape index (κ2) is 6.63. The minimum Gasteiger partial charge on any atom is -0.309 e. The van der Waals surface area contributed by atoms with Crippen LogP contribution < -0.4 is 5.32 Å². The van der Waals surface area contributed by atoms with Crippen LogP contribution in [0.15, 0.2) is 15.9 Å². The molecule has 0 amide bonds. The number of thiophene rings is 1. The molecule has 15 heavy (non-hydrogen) atoms. The van der Waals surface area contributed by atoms with Crippen LogP contribution in [0.2, 0.25) is 0 Å². The Labute approximate surface area is 105 Å². The van der Waals surface area contributed by atoms with Gasteiger partial charge >= 0.3 is 0 Å². The first-order valence-electron chi connectivity index (χ1n) is 5.23. The van der Waals surface area contributed by atoms with Gasteiger partial charge in [0.2, 0.25) is 0 Å². The molecule has 0 aromatic carbocycles. The van der Waals surface area contributed by atoms with Crippen molar-refractivity contribution in [1.29, 1.82) is 0 Å². The lowest BCUT2D eigenvalue weighted by Gasteiger charge is -2.13. The van der Waals surface area contributed by atoms with Crippen molar-refractivity contribution < 1.29 is 0 Å². The standard InChI is InChI=1S/C11H19BrN2S/c1-9(10-5-6-11(12)15-10)13-7-4-8-14(2)3/h5-6,9,13H,4,7-8H2,1-3H3/t9-/m0/s1. The molecule has 0 fully saturated rings. The molecule has 1 N–H and O–H groups in total. The summed E-state index contributed by atoms with van der Waals surface area (Å²) in [4.78, 5) is 3.61. The molecule has 0 spiro atoms. The summed E-state index contributed by atoms with van der Waals surface area (Å²) in [6, 6.07) is 4.75. The summed E-state index contributed by atoms with van der Waals surface area (Å²) in [5, 5.41) is 3.53. The van der Waals surface area contributed by atoms with E-state index in [2.05, 4.69) is 59.3 Å². The Morgan fingerprint density at radius 1 is 1.47 bits per heavy atom. The predicted octanol–water partition coefficient (Wildman–Crippen LogP) is 3.11. The molecule has 1 heterocycles. The molecule has 1 rings (SSSR count). The van der Waals surface area contributed by atoms with E-state index in [4.69, 9.17) is 0 Å². The van der Waals surface area contributed by atoms with Crippen molar-refractivity contribution in [2.45, 2.75) is 19.4 Å². The highest BCUT2D eigenvalue weighted by Gasteiger charge is 2.06. The summed E-state index contributed by atoms with van der Waals surface area (Å²) in [6.07, 6.45) is 1.20. The summed E-state index contributed by atoms with van der Waals surface area (Å²) >= 11 is 5.29. The Morgan fingerprint density at radius 2 is 2.20 bits per heavy atom. The van der Waals surface area contributed by atoms with Gasteiger partial charge in [-0.05, 0) is 68.6 Å². The van der Waals surface area contributed by atoms with Crippen LogP contribution in [-0.2, 0) is 0 Å². The van der Waals surface area contributed by atoms with Crippen LogP contribution in [0.4, 0.5) is 0 Å². The van der Waals surface area contributed by atoms with E-state index in [0.29, 0.717) is 6.04 Å². The molecule has 1 aromatic rings. The van der Waals surface area contributed by atoms with Crippen molar-refractivity contribution in [3.8, 4) is 0 Å². The third-order valence-corrected chi connectivity index (χ3v) is 4.06. The lowest BCUT2D eigenvalue weighted by Crippen LogP contribution is -2.23. The lowest BCUT2D eigenvalue weighted by atomic mass is 10.2. The highest BCUT2D eigenvalue weighted by molar-refractivity contribution is 9.11. The largest absolute Gasteiger partial charge is 0.309 e. The number of nitrogens with zero attached hydrogens (tertiary/aromatic N) is 1. The molecule has 4 heteroatoms. The van der Waals surface area contributed by atoms with Gasteiger partial charge in [0.1, 0.15) is 0 Å². The summed E-state index contributed by atoms with van der Waals surface area (Å²) in [6.45, 7) is 4.44. The quantitative estimate of drug-likeness (QED) is 0.810. The van der Waals surface area contributed by atoms with Gasteiger partial charge in [-0.2, -0.15) is 0 Å². The average Bonchev–Trinajstić information content (AvgIpc) is 2.59. The van der Waals surface area contributed by atoms with Gasteiger partial charge in [-0.15, -0.1) is 11.3 Å². The first kappa shape index (κ1) is 13.2. The molecule has 0 saturated heterocycles. The third-order valence-electron chi connectivity index (χ3n) is 2.25. The van der Waals surface area contributed by atoms with E-state index in [1.165, 1.54) is 15.1 Å². The second-order valence-electron chi connectivity index (χ2n) is 3.97. The van der Waals surface area contributed by atoms with Crippen LogP contribution in [0, 0.1) is 0 Å². The van der Waals surface area contributed by atoms with Crippen LogP contribution in [0.3, 0.4) is 0 Å². The molecule has 0 bridgehead atoms. The number of hydrogen-bond acceptors (Lipinski definition) is 3. The maximum absolute atomic E-state index is 3.53. The van der Waals surface area contributed by atoms with Crippen molar-refractivity contribution in [3.63, 3.8) is 0 Å². The van der Waals surface area contributed by atoms with Gasteiger partial charge in [-0.1, -0.05) is 0 Å². The second-order valence-corrected chi connectivity index (χ2v) is 6.47. The van der Waals surface area contributed by atoms with E-state index >= 15 is 0 Å². The van der Waals surface area contributed by atoms with E-state index in [-0.39, 0.29) is 0 Å². The number of halogens is 1. The predicted molar refractivity (Wildman–Crippen MR) is 71.6 cm³/mol. The van der Waals surface area contributed by atoms with E-state index in [0.717, 1.165) is 13.1 Å². The molecule has 0 aliphatic carbocycles. The van der Waals surface area contributed by atoms with Gasteiger partial charge < -0.3 is 10.2 Å². The highest BCUT2D eigenvalue weighted by atomic mass is 79.9. The SMILES string of the molecule is C[C@H](NCCCN(C)C)c1ccc(Br)s1. The monoisotopic (exact) mass is 290 g/mol. The zero-order valence-electron chi connectivity index (χ0n) is 9.59. The van der Waals surface area contributed by atoms with Crippen molar-refractivity contribution in [2.24, 2.45) is 0 Å². The fourth-order valence-electron chi connectivity index (χ4n) is 1.38. The van der Waals surface area contributed by atoms with Crippen molar-refractivity contribution in [2.75, 3.05) is 27.2 Å². The summed E-state index contributed by atoms with van der Waals surface area (Å²) in [5.41, 5.74) is 0. The van der Waals surface area contributed by atoms with Gasteiger partial charge in [-0.3, -0.25) is 0 Å². The smallest absolute Gasteiger partial charge is 0.0701 e. The Bertz CT molecular complexity index is 286. The topological polar surface area (TPSA) is 15.3 Å². The highest BCUT2D eigenvalue weighted by Crippen LogP contribution is 2.26. The van der Waals surface area contributed by atoms with E-state index in [1.807, 2.05) is 0 Å². The number of rotatable bonds is 6. The Kier molecular flexibility index (Phi) is 5.82. The maximum Gasteiger partial charge on any atom is 0.0701 e. The molecular weight excluding hydrogens is 272 g/mol. The Balaban J connectivity index is 2.21. The van der Waals surface area contributed by atoms with Gasteiger partial charge in [-0.25, -0.2) is 0 Å². The zero-order valence-corrected chi connectivity index (χ0v) is 12.0. The van der Waals surface area contributed by atoms with Crippen molar-refractivity contribution >= 4 is 27.3 Å². The van der Waals surface area contributed by atoms with Gasteiger partial charge in [0.25, 0.3) is 0 Å². The van der Waals surface area contributed by atoms with Crippen LogP contribution in [0.1, 0.15) is 24.3 Å². The number of nitrogens with one attached hydrogen (secondary N) is 1. The normalized spacial score (nSPS) is 13.4. The molecule has 0 saturated carbocycles. The molecule has 2 nitrogen and oxygen atoms in total. The van der Waals surface area contributed by atoms with Crippen LogP contribution >= 0.6 is 27.3 Å². The zero-order chi connectivity index (χ0) is 11.3. The van der Waals surface area contributed by atoms with Gasteiger partial charge in [0.05, 0.1) is 3.79 Å². The molecule has 86 valence electrons. The van der Waals surface area contributed by atoms with Gasteiger partial charge in [0.15, 0.2) is 0 Å². The molecule has 1 aromatic heterocycles. The minimum absolute atomic E-state index is 0.462. The van der Waals surface area contributed by atoms with Crippen LogP contribution in [-0.4, -0.2) is 32.1 Å². The fourth-order valence-corrected chi connectivity index (χ4v) is 2.83. The van der Waals surface area contributed by atoms with Crippen LogP contribution in [0.25, 0.3) is 0 Å². The van der Waals surface area contributed by atoms with E-state index in [1.54, 1.807) is 11.3 Å². The number of hydrogen-bond donors (Lipinski definition) is 1. The van der Waals surface area contributed by atoms with Crippen molar-refractivity contribution in [1.82, 2.24) is 10.2 Å². The summed E-state index contributed by atoms with van der Waals surface area (Å²) < 4.78 is 1.21. The summed E-state index contributed by atoms with van der Waals surface area (Å²) in [5.74, 6) is 0. The molecule has 0 unspecified atom stereocenters. The third kappa shape index (κ3) is 5.11. The molecule has 0 radical (unpaired) electrons. The lowest BCUT2D eigenvalue weighted by molar-refractivity contribution is 0.389. The molecule has 0 aliphatic rings. The average molecular weight is 291 g/mol. The van der Waals surface area contributed by atoms with E-state index in [9.17, 15) is 0 Å². The first-order chi connectivity index (χ1) is 7.09. The van der Waals surface area contributed by atoms with Gasteiger partial charge in [0, 0.05) is 10.9 Å². The molecule has 0 aliphatic heterocycles. The fraction of sp³-hybridized carbons (Fsp3) is 0.636. The Morgan fingerprint density at radius 3 is 2.73 bits per heavy atom. The first-order valence-corrected chi connectivity index (χ1v) is 6.84. The molecule has 1 atom stereocenters. The molecular formula is C11H19BrN2S. The van der Waals surface area contributed by atoms with Crippen molar-refractivity contribution in [3.05, 3.63) is 20.8 Å². The Hall–Kier alpha value is 0.1000. The minimum atomic E-state index is 0.462. The maximum atomic E-state index is 3.53. The van der Waals surface area contributed by atoms with Crippen LogP contribution in [0.5, 0.6) is 0 Å². The van der Waals surface area contributed by atoms with E-state index < -0.39 is 0 Å².